The fraction of sp³-hybridized carbons (Fsp3) is 0.571. The molecule has 0 amide bonds. The van der Waals surface area contributed by atoms with E-state index in [1.54, 1.807) is 0 Å². The summed E-state index contributed by atoms with van der Waals surface area (Å²) >= 11 is 3.60. The second-order valence-corrected chi connectivity index (χ2v) is 5.42. The van der Waals surface area contributed by atoms with Crippen molar-refractivity contribution in [3.05, 3.63) is 28.2 Å². The number of rotatable bonds is 7. The second-order valence-electron chi connectivity index (χ2n) is 4.56. The number of nitrogens with zero attached hydrogens (tertiary/aromatic N) is 1. The molecular weight excluding hydrogens is 292 g/mol. The number of nitrogens with two attached hydrogens (primary N) is 1. The summed E-state index contributed by atoms with van der Waals surface area (Å²) in [5, 5.41) is 9.15. The molecule has 0 bridgehead atoms. The molecule has 3 N–H and O–H groups in total. The molecule has 1 atom stereocenters. The largest absolute Gasteiger partial charge is 0.395 e. The zero-order valence-corrected chi connectivity index (χ0v) is 12.8. The van der Waals surface area contributed by atoms with Gasteiger partial charge in [0.25, 0.3) is 0 Å². The van der Waals surface area contributed by atoms with Crippen LogP contribution in [0.2, 0.25) is 0 Å². The highest BCUT2D eigenvalue weighted by Gasteiger charge is 2.11. The first kappa shape index (κ1) is 15.5. The van der Waals surface area contributed by atoms with Crippen molar-refractivity contribution in [3.8, 4) is 0 Å². The summed E-state index contributed by atoms with van der Waals surface area (Å²) in [5.41, 5.74) is 8.12. The van der Waals surface area contributed by atoms with Crippen molar-refractivity contribution in [1.82, 2.24) is 0 Å². The van der Waals surface area contributed by atoms with Gasteiger partial charge in [-0.3, -0.25) is 0 Å². The van der Waals surface area contributed by atoms with Crippen molar-refractivity contribution in [2.24, 2.45) is 5.73 Å². The Kier molecular flexibility index (Phi) is 6.68. The molecule has 0 aliphatic rings. The molecule has 1 aromatic rings. The Morgan fingerprint density at radius 2 is 2.11 bits per heavy atom. The molecule has 0 heterocycles. The average molecular weight is 315 g/mol. The third-order valence-corrected chi connectivity index (χ3v) is 3.62. The Labute approximate surface area is 118 Å². The third-order valence-electron chi connectivity index (χ3n) is 2.99. The van der Waals surface area contributed by atoms with E-state index in [0.717, 1.165) is 35.1 Å². The normalized spacial score (nSPS) is 12.5. The second kappa shape index (κ2) is 7.77. The number of hydrogen-bond acceptors (Lipinski definition) is 3. The SMILES string of the molecule is CCCCN(CCO)c1ccc(C(C)N)cc1Br. The third kappa shape index (κ3) is 4.26. The van der Waals surface area contributed by atoms with Crippen molar-refractivity contribution in [3.63, 3.8) is 0 Å². The molecular formula is C14H23BrN2O. The van der Waals surface area contributed by atoms with Crippen LogP contribution in [0.1, 0.15) is 38.3 Å². The van der Waals surface area contributed by atoms with Crippen LogP contribution in [0.3, 0.4) is 0 Å². The molecule has 0 fully saturated rings. The molecule has 0 saturated carbocycles. The number of anilines is 1. The van der Waals surface area contributed by atoms with Crippen LogP contribution in [0.4, 0.5) is 5.69 Å². The summed E-state index contributed by atoms with van der Waals surface area (Å²) < 4.78 is 1.04. The molecule has 0 spiro atoms. The maximum atomic E-state index is 9.15. The van der Waals surface area contributed by atoms with Gasteiger partial charge >= 0.3 is 0 Å². The molecule has 0 saturated heterocycles. The Morgan fingerprint density at radius 3 is 2.61 bits per heavy atom. The fourth-order valence-electron chi connectivity index (χ4n) is 1.89. The molecule has 18 heavy (non-hydrogen) atoms. The maximum Gasteiger partial charge on any atom is 0.0606 e. The van der Waals surface area contributed by atoms with Crippen LogP contribution in [-0.4, -0.2) is 24.8 Å². The Balaban J connectivity index is 2.90. The van der Waals surface area contributed by atoms with Crippen LogP contribution in [0.5, 0.6) is 0 Å². The molecule has 0 aliphatic carbocycles. The summed E-state index contributed by atoms with van der Waals surface area (Å²) in [5.74, 6) is 0. The molecule has 4 heteroatoms. The minimum atomic E-state index is 0.0392. The predicted molar refractivity (Wildman–Crippen MR) is 81.0 cm³/mol. The zero-order chi connectivity index (χ0) is 13.5. The van der Waals surface area contributed by atoms with Gasteiger partial charge in [-0.05, 0) is 47.0 Å². The van der Waals surface area contributed by atoms with Crippen molar-refractivity contribution >= 4 is 21.6 Å². The van der Waals surface area contributed by atoms with Gasteiger partial charge in [0.15, 0.2) is 0 Å². The molecule has 1 unspecified atom stereocenters. The number of aliphatic hydroxyl groups is 1. The number of aliphatic hydroxyl groups excluding tert-OH is 1. The summed E-state index contributed by atoms with van der Waals surface area (Å²) in [4.78, 5) is 2.21. The van der Waals surface area contributed by atoms with E-state index < -0.39 is 0 Å². The maximum absolute atomic E-state index is 9.15. The van der Waals surface area contributed by atoms with Gasteiger partial charge < -0.3 is 15.7 Å². The molecule has 1 rings (SSSR count). The van der Waals surface area contributed by atoms with Gasteiger partial charge in [0.05, 0.1) is 12.3 Å². The molecule has 3 nitrogen and oxygen atoms in total. The highest BCUT2D eigenvalue weighted by atomic mass is 79.9. The van der Waals surface area contributed by atoms with Gasteiger partial charge in [0, 0.05) is 23.6 Å². The van der Waals surface area contributed by atoms with E-state index in [1.807, 2.05) is 6.92 Å². The van der Waals surface area contributed by atoms with E-state index >= 15 is 0 Å². The number of benzene rings is 1. The van der Waals surface area contributed by atoms with Crippen molar-refractivity contribution in [1.29, 1.82) is 0 Å². The lowest BCUT2D eigenvalue weighted by atomic mass is 10.1. The van der Waals surface area contributed by atoms with Crippen LogP contribution in [0.15, 0.2) is 22.7 Å². The van der Waals surface area contributed by atoms with Gasteiger partial charge in [0.1, 0.15) is 0 Å². The van der Waals surface area contributed by atoms with Crippen LogP contribution < -0.4 is 10.6 Å². The summed E-state index contributed by atoms with van der Waals surface area (Å²) in [7, 11) is 0. The van der Waals surface area contributed by atoms with E-state index in [0.29, 0.717) is 6.54 Å². The molecule has 1 aromatic carbocycles. The molecule has 0 radical (unpaired) electrons. The Bertz CT molecular complexity index is 369. The van der Waals surface area contributed by atoms with E-state index in [1.165, 1.54) is 0 Å². The molecule has 102 valence electrons. The number of hydrogen-bond donors (Lipinski definition) is 2. The van der Waals surface area contributed by atoms with Gasteiger partial charge in [-0.2, -0.15) is 0 Å². The predicted octanol–water partition coefficient (Wildman–Crippen LogP) is 3.07. The van der Waals surface area contributed by atoms with Crippen molar-refractivity contribution < 1.29 is 5.11 Å². The van der Waals surface area contributed by atoms with Gasteiger partial charge in [0.2, 0.25) is 0 Å². The first-order valence-electron chi connectivity index (χ1n) is 6.51. The fourth-order valence-corrected chi connectivity index (χ4v) is 2.53. The van der Waals surface area contributed by atoms with Gasteiger partial charge in [-0.15, -0.1) is 0 Å². The van der Waals surface area contributed by atoms with Gasteiger partial charge in [-0.1, -0.05) is 19.4 Å². The summed E-state index contributed by atoms with van der Waals surface area (Å²) in [6, 6.07) is 6.24. The molecule has 0 aromatic heterocycles. The van der Waals surface area contributed by atoms with Gasteiger partial charge in [-0.25, -0.2) is 0 Å². The average Bonchev–Trinajstić information content (AvgIpc) is 2.34. The van der Waals surface area contributed by atoms with Crippen LogP contribution in [0.25, 0.3) is 0 Å². The summed E-state index contributed by atoms with van der Waals surface area (Å²) in [6.07, 6.45) is 2.28. The highest BCUT2D eigenvalue weighted by Crippen LogP contribution is 2.29. The number of unbranched alkanes of at least 4 members (excludes halogenated alkanes) is 1. The topological polar surface area (TPSA) is 49.5 Å². The smallest absolute Gasteiger partial charge is 0.0606 e. The van der Waals surface area contributed by atoms with Crippen molar-refractivity contribution in [2.75, 3.05) is 24.6 Å². The minimum absolute atomic E-state index is 0.0392. The van der Waals surface area contributed by atoms with Crippen LogP contribution in [-0.2, 0) is 0 Å². The lowest BCUT2D eigenvalue weighted by Crippen LogP contribution is -2.28. The monoisotopic (exact) mass is 314 g/mol. The van der Waals surface area contributed by atoms with E-state index in [2.05, 4.69) is 46.0 Å². The minimum Gasteiger partial charge on any atom is -0.395 e. The molecule has 0 aliphatic heterocycles. The lowest BCUT2D eigenvalue weighted by Gasteiger charge is -2.25. The zero-order valence-electron chi connectivity index (χ0n) is 11.2. The summed E-state index contributed by atoms with van der Waals surface area (Å²) in [6.45, 7) is 5.95. The van der Waals surface area contributed by atoms with E-state index in [4.69, 9.17) is 10.8 Å². The van der Waals surface area contributed by atoms with Crippen LogP contribution in [0, 0.1) is 0 Å². The Morgan fingerprint density at radius 1 is 1.39 bits per heavy atom. The van der Waals surface area contributed by atoms with Crippen molar-refractivity contribution in [2.45, 2.75) is 32.7 Å². The van der Waals surface area contributed by atoms with E-state index in [9.17, 15) is 0 Å². The Hall–Kier alpha value is -0.580. The highest BCUT2D eigenvalue weighted by molar-refractivity contribution is 9.10. The lowest BCUT2D eigenvalue weighted by molar-refractivity contribution is 0.301. The number of halogens is 1. The first-order valence-corrected chi connectivity index (χ1v) is 7.30. The first-order chi connectivity index (χ1) is 8.60. The standard InChI is InChI=1S/C14H23BrN2O/c1-3-4-7-17(8-9-18)14-6-5-12(11(2)16)10-13(14)15/h5-6,10-11,18H,3-4,7-9,16H2,1-2H3. The van der Waals surface area contributed by atoms with E-state index in [-0.39, 0.29) is 12.6 Å². The quantitative estimate of drug-likeness (QED) is 0.813. The van der Waals surface area contributed by atoms with Crippen LogP contribution >= 0.6 is 15.9 Å².